The van der Waals surface area contributed by atoms with Crippen LogP contribution in [0.1, 0.15) is 28.2 Å². The van der Waals surface area contributed by atoms with Crippen LogP contribution in [0.5, 0.6) is 0 Å². The lowest BCUT2D eigenvalue weighted by Gasteiger charge is -2.19. The monoisotopic (exact) mass is 390 g/mol. The molecular formula is C23H26N4O2. The minimum atomic E-state index is -0.592. The van der Waals surface area contributed by atoms with Crippen LogP contribution < -0.4 is 10.2 Å². The average molecular weight is 390 g/mol. The van der Waals surface area contributed by atoms with Crippen molar-refractivity contribution in [1.29, 1.82) is 0 Å². The summed E-state index contributed by atoms with van der Waals surface area (Å²) in [7, 11) is 2.01. The molecule has 3 aromatic rings. The maximum Gasteiger partial charge on any atom is 0.292 e. The number of amides is 1. The molecule has 0 unspecified atom stereocenters. The van der Waals surface area contributed by atoms with Crippen molar-refractivity contribution in [2.75, 3.05) is 25.0 Å². The number of Topliss-reactive ketones (excluding diaryl/α,β-unsaturated/α-hetero) is 1. The van der Waals surface area contributed by atoms with Gasteiger partial charge < -0.3 is 10.2 Å². The third-order valence-electron chi connectivity index (χ3n) is 4.88. The molecule has 0 aliphatic carbocycles. The predicted octanol–water partition coefficient (Wildman–Crippen LogP) is 3.31. The largest absolute Gasteiger partial charge is 0.375 e. The van der Waals surface area contributed by atoms with E-state index in [1.165, 1.54) is 0 Å². The Morgan fingerprint density at radius 3 is 2.28 bits per heavy atom. The third kappa shape index (κ3) is 4.71. The Hall–Kier alpha value is -3.41. The van der Waals surface area contributed by atoms with Crippen molar-refractivity contribution in [3.8, 4) is 5.69 Å². The highest BCUT2D eigenvalue weighted by molar-refractivity contribution is 6.43. The Bertz CT molecular complexity index is 981. The lowest BCUT2D eigenvalue weighted by atomic mass is 10.1. The summed E-state index contributed by atoms with van der Waals surface area (Å²) in [6.07, 6.45) is 0.742. The number of anilines is 1. The molecular weight excluding hydrogens is 364 g/mol. The van der Waals surface area contributed by atoms with Crippen molar-refractivity contribution >= 4 is 17.4 Å². The second kappa shape index (κ2) is 9.19. The van der Waals surface area contributed by atoms with E-state index >= 15 is 0 Å². The highest BCUT2D eigenvalue weighted by Crippen LogP contribution is 2.18. The molecule has 6 nitrogen and oxygen atoms in total. The normalized spacial score (nSPS) is 10.6. The maximum absolute atomic E-state index is 12.7. The number of nitrogens with zero attached hydrogens (tertiary/aromatic N) is 3. The SMILES string of the molecule is Cc1nn(-c2ccccc2)c(C)c1C(=O)C(=O)NCCCN(C)c1ccccc1. The van der Waals surface area contributed by atoms with E-state index in [2.05, 4.69) is 15.3 Å². The van der Waals surface area contributed by atoms with E-state index in [1.54, 1.807) is 11.6 Å². The molecule has 0 fully saturated rings. The summed E-state index contributed by atoms with van der Waals surface area (Å²) in [4.78, 5) is 27.2. The van der Waals surface area contributed by atoms with Gasteiger partial charge in [-0.15, -0.1) is 0 Å². The maximum atomic E-state index is 12.7. The fraction of sp³-hybridized carbons (Fsp3) is 0.261. The Morgan fingerprint density at radius 1 is 1.00 bits per heavy atom. The van der Waals surface area contributed by atoms with Crippen molar-refractivity contribution in [2.24, 2.45) is 0 Å². The summed E-state index contributed by atoms with van der Waals surface area (Å²) in [5, 5.41) is 7.19. The number of carbonyl (C=O) groups is 2. The molecule has 0 aliphatic rings. The molecule has 0 radical (unpaired) electrons. The summed E-state index contributed by atoms with van der Waals surface area (Å²) in [6.45, 7) is 4.78. The van der Waals surface area contributed by atoms with E-state index in [4.69, 9.17) is 0 Å². The molecule has 0 spiro atoms. The number of nitrogens with one attached hydrogen (secondary N) is 1. The van der Waals surface area contributed by atoms with E-state index in [0.29, 0.717) is 23.5 Å². The summed E-state index contributed by atoms with van der Waals surface area (Å²) in [5.74, 6) is -1.13. The summed E-state index contributed by atoms with van der Waals surface area (Å²) in [5.41, 5.74) is 3.56. The summed E-state index contributed by atoms with van der Waals surface area (Å²) < 4.78 is 1.70. The van der Waals surface area contributed by atoms with Crippen molar-refractivity contribution in [2.45, 2.75) is 20.3 Å². The van der Waals surface area contributed by atoms with E-state index in [1.807, 2.05) is 74.6 Å². The van der Waals surface area contributed by atoms with E-state index < -0.39 is 11.7 Å². The lowest BCUT2D eigenvalue weighted by Crippen LogP contribution is -2.34. The number of hydrogen-bond donors (Lipinski definition) is 1. The average Bonchev–Trinajstić information content (AvgIpc) is 3.05. The number of hydrogen-bond acceptors (Lipinski definition) is 4. The van der Waals surface area contributed by atoms with Crippen molar-refractivity contribution < 1.29 is 9.59 Å². The minimum absolute atomic E-state index is 0.368. The van der Waals surface area contributed by atoms with Gasteiger partial charge in [0, 0.05) is 25.8 Å². The molecule has 0 atom stereocenters. The van der Waals surface area contributed by atoms with Gasteiger partial charge in [-0.25, -0.2) is 4.68 Å². The van der Waals surface area contributed by atoms with Gasteiger partial charge in [0.1, 0.15) is 0 Å². The molecule has 150 valence electrons. The third-order valence-corrected chi connectivity index (χ3v) is 4.88. The Morgan fingerprint density at radius 2 is 1.62 bits per heavy atom. The number of benzene rings is 2. The Kier molecular flexibility index (Phi) is 6.44. The zero-order valence-electron chi connectivity index (χ0n) is 17.1. The summed E-state index contributed by atoms with van der Waals surface area (Å²) >= 11 is 0. The molecule has 0 saturated carbocycles. The van der Waals surface area contributed by atoms with Crippen LogP contribution in [0.4, 0.5) is 5.69 Å². The molecule has 1 N–H and O–H groups in total. The van der Waals surface area contributed by atoms with E-state index in [9.17, 15) is 9.59 Å². The lowest BCUT2D eigenvalue weighted by molar-refractivity contribution is -0.117. The molecule has 3 rings (SSSR count). The first-order valence-corrected chi connectivity index (χ1v) is 9.69. The van der Waals surface area contributed by atoms with Gasteiger partial charge in [0.15, 0.2) is 0 Å². The number of aryl methyl sites for hydroxylation is 1. The highest BCUT2D eigenvalue weighted by Gasteiger charge is 2.24. The van der Waals surface area contributed by atoms with Crippen molar-refractivity contribution in [3.63, 3.8) is 0 Å². The predicted molar refractivity (Wildman–Crippen MR) is 115 cm³/mol. The van der Waals surface area contributed by atoms with Gasteiger partial charge in [-0.3, -0.25) is 9.59 Å². The minimum Gasteiger partial charge on any atom is -0.375 e. The number of rotatable bonds is 8. The molecule has 0 bridgehead atoms. The van der Waals surface area contributed by atoms with Crippen LogP contribution in [0, 0.1) is 13.8 Å². The molecule has 1 amide bonds. The molecule has 1 heterocycles. The van der Waals surface area contributed by atoms with Crippen LogP contribution in [-0.4, -0.2) is 41.6 Å². The van der Waals surface area contributed by atoms with Crippen molar-refractivity contribution in [3.05, 3.63) is 77.6 Å². The van der Waals surface area contributed by atoms with Crippen LogP contribution in [0.15, 0.2) is 60.7 Å². The van der Waals surface area contributed by atoms with Gasteiger partial charge in [-0.05, 0) is 44.5 Å². The fourth-order valence-corrected chi connectivity index (χ4v) is 3.32. The topological polar surface area (TPSA) is 67.2 Å². The first-order valence-electron chi connectivity index (χ1n) is 9.69. The van der Waals surface area contributed by atoms with Crippen LogP contribution in [0.3, 0.4) is 0 Å². The van der Waals surface area contributed by atoms with Gasteiger partial charge in [-0.2, -0.15) is 5.10 Å². The van der Waals surface area contributed by atoms with Gasteiger partial charge >= 0.3 is 0 Å². The molecule has 6 heteroatoms. The standard InChI is InChI=1S/C23H26N4O2/c1-17-21(18(2)27(25-17)20-13-8-5-9-14-20)22(28)23(29)24-15-10-16-26(3)19-11-6-4-7-12-19/h4-9,11-14H,10,15-16H2,1-3H3,(H,24,29). The van der Waals surface area contributed by atoms with Gasteiger partial charge in [0.05, 0.1) is 22.6 Å². The zero-order chi connectivity index (χ0) is 20.8. The first-order chi connectivity index (χ1) is 14.0. The molecule has 0 saturated heterocycles. The number of ketones is 1. The fourth-order valence-electron chi connectivity index (χ4n) is 3.32. The second-order valence-corrected chi connectivity index (χ2v) is 6.99. The number of para-hydroxylation sites is 2. The highest BCUT2D eigenvalue weighted by atomic mass is 16.2. The second-order valence-electron chi connectivity index (χ2n) is 6.99. The number of carbonyl (C=O) groups excluding carboxylic acids is 2. The van der Waals surface area contributed by atoms with Crippen LogP contribution in [0.2, 0.25) is 0 Å². The van der Waals surface area contributed by atoms with Crippen LogP contribution in [-0.2, 0) is 4.79 Å². The van der Waals surface area contributed by atoms with Gasteiger partial charge in [-0.1, -0.05) is 36.4 Å². The van der Waals surface area contributed by atoms with Crippen molar-refractivity contribution in [1.82, 2.24) is 15.1 Å². The first kappa shape index (κ1) is 20.3. The molecule has 29 heavy (non-hydrogen) atoms. The van der Waals surface area contributed by atoms with E-state index in [0.717, 1.165) is 24.3 Å². The van der Waals surface area contributed by atoms with Crippen LogP contribution in [0.25, 0.3) is 5.69 Å². The molecule has 2 aromatic carbocycles. The van der Waals surface area contributed by atoms with E-state index in [-0.39, 0.29) is 0 Å². The smallest absolute Gasteiger partial charge is 0.292 e. The zero-order valence-corrected chi connectivity index (χ0v) is 17.1. The number of aromatic nitrogens is 2. The Labute approximate surface area is 171 Å². The van der Waals surface area contributed by atoms with Gasteiger partial charge in [0.2, 0.25) is 0 Å². The molecule has 0 aliphatic heterocycles. The van der Waals surface area contributed by atoms with Crippen LogP contribution >= 0.6 is 0 Å². The summed E-state index contributed by atoms with van der Waals surface area (Å²) in [6, 6.07) is 19.6. The Balaban J connectivity index is 1.58. The van der Waals surface area contributed by atoms with Gasteiger partial charge in [0.25, 0.3) is 11.7 Å². The quantitative estimate of drug-likeness (QED) is 0.364. The molecule has 1 aromatic heterocycles.